The summed E-state index contributed by atoms with van der Waals surface area (Å²) in [7, 11) is 0. The van der Waals surface area contributed by atoms with Gasteiger partial charge in [-0.1, -0.05) is 66.2 Å². The van der Waals surface area contributed by atoms with Gasteiger partial charge >= 0.3 is 0 Å². The number of nitrogens with zero attached hydrogens (tertiary/aromatic N) is 1. The Morgan fingerprint density at radius 2 is 1.65 bits per heavy atom. The Balaban J connectivity index is 1.61. The van der Waals surface area contributed by atoms with Gasteiger partial charge < -0.3 is 19.4 Å². The van der Waals surface area contributed by atoms with Crippen LogP contribution in [-0.4, -0.2) is 29.4 Å². The first-order valence-corrected chi connectivity index (χ1v) is 12.1. The van der Waals surface area contributed by atoms with Gasteiger partial charge in [-0.25, -0.2) is 4.39 Å². The van der Waals surface area contributed by atoms with Crippen molar-refractivity contribution in [1.29, 1.82) is 0 Å². The van der Waals surface area contributed by atoms with E-state index < -0.39 is 11.9 Å². The van der Waals surface area contributed by atoms with Crippen molar-refractivity contribution in [2.24, 2.45) is 0 Å². The molecule has 0 aliphatic heterocycles. The first kappa shape index (κ1) is 26.0. The molecule has 0 aliphatic carbocycles. The molecular weight excluding hydrogens is 495 g/mol. The summed E-state index contributed by atoms with van der Waals surface area (Å²) in [6, 6.07) is 24.7. The Bertz CT molecular complexity index is 1300. The Kier molecular flexibility index (Phi) is 8.94. The van der Waals surface area contributed by atoms with Crippen LogP contribution in [0.2, 0.25) is 5.02 Å². The number of furan rings is 1. The highest BCUT2D eigenvalue weighted by Crippen LogP contribution is 2.23. The second-order valence-electron chi connectivity index (χ2n) is 8.37. The van der Waals surface area contributed by atoms with Crippen molar-refractivity contribution in [3.63, 3.8) is 0 Å². The third-order valence-electron chi connectivity index (χ3n) is 5.74. The topological polar surface area (TPSA) is 71.8 Å². The quantitative estimate of drug-likeness (QED) is 0.287. The number of nitrogens with one attached hydrogen (secondary N) is 1. The third-order valence-corrected chi connectivity index (χ3v) is 6.05. The largest absolute Gasteiger partial charge is 0.482 e. The monoisotopic (exact) mass is 520 g/mol. The van der Waals surface area contributed by atoms with Gasteiger partial charge in [0.25, 0.3) is 5.91 Å². The number of halogens is 2. The lowest BCUT2D eigenvalue weighted by molar-refractivity contribution is -0.142. The molecular formula is C29H26ClFN2O4. The molecule has 0 saturated heterocycles. The van der Waals surface area contributed by atoms with Crippen LogP contribution in [0.4, 0.5) is 4.39 Å². The lowest BCUT2D eigenvalue weighted by Gasteiger charge is -2.31. The normalized spacial score (nSPS) is 11.5. The van der Waals surface area contributed by atoms with Crippen LogP contribution in [0.3, 0.4) is 0 Å². The molecule has 0 aliphatic rings. The Hall–Kier alpha value is -4.10. The van der Waals surface area contributed by atoms with E-state index in [-0.39, 0.29) is 37.8 Å². The molecule has 6 nitrogen and oxygen atoms in total. The van der Waals surface area contributed by atoms with Gasteiger partial charge in [0, 0.05) is 13.0 Å². The molecule has 190 valence electrons. The maximum Gasteiger partial charge on any atom is 0.261 e. The highest BCUT2D eigenvalue weighted by atomic mass is 35.5. The zero-order chi connectivity index (χ0) is 26.0. The van der Waals surface area contributed by atoms with Crippen molar-refractivity contribution in [3.8, 4) is 5.75 Å². The van der Waals surface area contributed by atoms with Crippen LogP contribution in [0.25, 0.3) is 0 Å². The molecule has 3 aromatic carbocycles. The first-order valence-electron chi connectivity index (χ1n) is 11.7. The van der Waals surface area contributed by atoms with E-state index in [1.54, 1.807) is 48.5 Å². The van der Waals surface area contributed by atoms with E-state index in [9.17, 15) is 14.0 Å². The molecule has 0 spiro atoms. The minimum absolute atomic E-state index is 0.0800. The molecule has 1 heterocycles. The van der Waals surface area contributed by atoms with Crippen molar-refractivity contribution >= 4 is 23.4 Å². The van der Waals surface area contributed by atoms with Crippen LogP contribution in [0.1, 0.15) is 16.9 Å². The molecule has 1 aromatic heterocycles. The fourth-order valence-corrected chi connectivity index (χ4v) is 4.02. The summed E-state index contributed by atoms with van der Waals surface area (Å²) < 4.78 is 24.6. The zero-order valence-electron chi connectivity index (χ0n) is 20.0. The van der Waals surface area contributed by atoms with Crippen LogP contribution >= 0.6 is 11.6 Å². The number of hydrogen-bond acceptors (Lipinski definition) is 4. The molecule has 0 bridgehead atoms. The summed E-state index contributed by atoms with van der Waals surface area (Å²) in [5.74, 6) is -0.209. The van der Waals surface area contributed by atoms with Crippen LogP contribution < -0.4 is 10.1 Å². The molecule has 0 radical (unpaired) electrons. The number of rotatable bonds is 11. The van der Waals surface area contributed by atoms with Crippen molar-refractivity contribution in [3.05, 3.63) is 125 Å². The molecule has 4 rings (SSSR count). The van der Waals surface area contributed by atoms with Crippen LogP contribution in [0, 0.1) is 5.82 Å². The predicted octanol–water partition coefficient (Wildman–Crippen LogP) is 5.41. The smallest absolute Gasteiger partial charge is 0.261 e. The van der Waals surface area contributed by atoms with Crippen LogP contribution in [0.15, 0.2) is 102 Å². The van der Waals surface area contributed by atoms with E-state index in [2.05, 4.69) is 5.32 Å². The van der Waals surface area contributed by atoms with Crippen LogP contribution in [0.5, 0.6) is 5.75 Å². The number of hydrogen-bond donors (Lipinski definition) is 1. The van der Waals surface area contributed by atoms with E-state index in [4.69, 9.17) is 20.8 Å². The summed E-state index contributed by atoms with van der Waals surface area (Å²) in [6.07, 6.45) is 1.79. The van der Waals surface area contributed by atoms with E-state index in [0.717, 1.165) is 5.56 Å². The summed E-state index contributed by atoms with van der Waals surface area (Å²) in [4.78, 5) is 28.5. The maximum atomic E-state index is 13.6. The van der Waals surface area contributed by atoms with Crippen molar-refractivity contribution in [2.45, 2.75) is 25.6 Å². The summed E-state index contributed by atoms with van der Waals surface area (Å²) in [6.45, 7) is -0.0792. The lowest BCUT2D eigenvalue weighted by atomic mass is 10.0. The van der Waals surface area contributed by atoms with Crippen molar-refractivity contribution < 1.29 is 23.1 Å². The zero-order valence-corrected chi connectivity index (χ0v) is 20.7. The fraction of sp³-hybridized carbons (Fsp3) is 0.172. The third kappa shape index (κ3) is 7.44. The van der Waals surface area contributed by atoms with E-state index in [1.165, 1.54) is 23.3 Å². The molecule has 0 saturated carbocycles. The molecule has 2 amide bonds. The van der Waals surface area contributed by atoms with Gasteiger partial charge in [0.1, 0.15) is 23.4 Å². The number of amides is 2. The molecule has 8 heteroatoms. The average Bonchev–Trinajstić information content (AvgIpc) is 3.44. The minimum atomic E-state index is -0.871. The Labute approximate surface area is 219 Å². The van der Waals surface area contributed by atoms with Gasteiger partial charge in [0.15, 0.2) is 6.61 Å². The van der Waals surface area contributed by atoms with Gasteiger partial charge in [-0.15, -0.1) is 0 Å². The van der Waals surface area contributed by atoms with Gasteiger partial charge in [-0.05, 0) is 47.5 Å². The lowest BCUT2D eigenvalue weighted by Crippen LogP contribution is -2.51. The second kappa shape index (κ2) is 12.7. The summed E-state index contributed by atoms with van der Waals surface area (Å²) >= 11 is 6.18. The number of ether oxygens (including phenoxy) is 1. The first-order chi connectivity index (χ1) is 18.0. The minimum Gasteiger partial charge on any atom is -0.482 e. The molecule has 0 fully saturated rings. The maximum absolute atomic E-state index is 13.6. The molecule has 1 N–H and O–H groups in total. The Morgan fingerprint density at radius 1 is 0.919 bits per heavy atom. The average molecular weight is 521 g/mol. The summed E-state index contributed by atoms with van der Waals surface area (Å²) in [5.41, 5.74) is 1.55. The summed E-state index contributed by atoms with van der Waals surface area (Å²) in [5, 5.41) is 3.24. The highest BCUT2D eigenvalue weighted by molar-refractivity contribution is 6.32. The predicted molar refractivity (Wildman–Crippen MR) is 138 cm³/mol. The molecule has 1 atom stereocenters. The van der Waals surface area contributed by atoms with Crippen LogP contribution in [-0.2, 0) is 29.1 Å². The standard InChI is InChI=1S/C29H26ClFN2O4/c30-25-10-4-5-11-27(25)37-20-28(34)33(19-22-12-14-23(31)15-13-22)26(17-21-7-2-1-3-8-21)29(35)32-18-24-9-6-16-36-24/h1-16,26H,17-20H2,(H,32,35)/t26-/m1/s1. The van der Waals surface area contributed by atoms with Gasteiger partial charge in [-0.3, -0.25) is 9.59 Å². The number of carbonyl (C=O) groups is 2. The number of para-hydroxylation sites is 1. The molecule has 0 unspecified atom stereocenters. The van der Waals surface area contributed by atoms with E-state index >= 15 is 0 Å². The highest BCUT2D eigenvalue weighted by Gasteiger charge is 2.31. The van der Waals surface area contributed by atoms with Gasteiger partial charge in [0.2, 0.25) is 5.91 Å². The number of benzene rings is 3. The van der Waals surface area contributed by atoms with E-state index in [1.807, 2.05) is 30.3 Å². The van der Waals surface area contributed by atoms with Gasteiger partial charge in [-0.2, -0.15) is 0 Å². The molecule has 37 heavy (non-hydrogen) atoms. The van der Waals surface area contributed by atoms with E-state index in [0.29, 0.717) is 22.1 Å². The van der Waals surface area contributed by atoms with Gasteiger partial charge in [0.05, 0.1) is 17.8 Å². The SMILES string of the molecule is O=C(NCc1ccco1)[C@@H](Cc1ccccc1)N(Cc1ccc(F)cc1)C(=O)COc1ccccc1Cl. The molecule has 4 aromatic rings. The van der Waals surface area contributed by atoms with Crippen molar-refractivity contribution in [1.82, 2.24) is 10.2 Å². The number of carbonyl (C=O) groups excluding carboxylic acids is 2. The second-order valence-corrected chi connectivity index (χ2v) is 8.78. The Morgan fingerprint density at radius 3 is 2.35 bits per heavy atom. The van der Waals surface area contributed by atoms with Crippen molar-refractivity contribution in [2.75, 3.05) is 6.61 Å². The fourth-order valence-electron chi connectivity index (χ4n) is 3.83.